The minimum Gasteiger partial charge on any atom is -0.465 e. The van der Waals surface area contributed by atoms with E-state index in [2.05, 4.69) is 11.3 Å². The van der Waals surface area contributed by atoms with Crippen LogP contribution < -0.4 is 4.74 Å². The summed E-state index contributed by atoms with van der Waals surface area (Å²) in [6.45, 7) is 4.18. The molecule has 0 N–H and O–H groups in total. The second-order valence-electron chi connectivity index (χ2n) is 5.01. The minimum absolute atomic E-state index is 0.0929. The highest BCUT2D eigenvalue weighted by Crippen LogP contribution is 2.14. The largest absolute Gasteiger partial charge is 0.465 e. The van der Waals surface area contributed by atoms with E-state index in [0.717, 1.165) is 0 Å². The van der Waals surface area contributed by atoms with Gasteiger partial charge >= 0.3 is 17.9 Å². The normalized spacial score (nSPS) is 11.1. The van der Waals surface area contributed by atoms with Crippen molar-refractivity contribution in [1.29, 1.82) is 0 Å². The molecule has 0 aliphatic carbocycles. The molecular weight excluding hydrogens is 334 g/mol. The predicted octanol–water partition coefficient (Wildman–Crippen LogP) is 1.53. The Labute approximate surface area is 143 Å². The van der Waals surface area contributed by atoms with Crippen LogP contribution in [-0.4, -0.2) is 42.6 Å². The SMILES string of the molecule is C=C(C)C(=O)OCC(CC(=O)Oc1ccc(C(=O)OC)cc1)[N+](=O)[O-]. The lowest BCUT2D eigenvalue weighted by atomic mass is 10.2. The van der Waals surface area contributed by atoms with E-state index in [0.29, 0.717) is 0 Å². The first-order valence-corrected chi connectivity index (χ1v) is 7.09. The molecule has 1 aromatic carbocycles. The van der Waals surface area contributed by atoms with Gasteiger partial charge in [0.15, 0.2) is 6.61 Å². The van der Waals surface area contributed by atoms with E-state index < -0.39 is 41.9 Å². The Balaban J connectivity index is 2.62. The summed E-state index contributed by atoms with van der Waals surface area (Å²) >= 11 is 0. The van der Waals surface area contributed by atoms with Crippen molar-refractivity contribution >= 4 is 17.9 Å². The van der Waals surface area contributed by atoms with Crippen LogP contribution in [0.2, 0.25) is 0 Å². The fourth-order valence-electron chi connectivity index (χ4n) is 1.63. The van der Waals surface area contributed by atoms with Crippen LogP contribution >= 0.6 is 0 Å². The molecular formula is C16H17NO8. The molecule has 0 aromatic heterocycles. The van der Waals surface area contributed by atoms with E-state index in [-0.39, 0.29) is 16.9 Å². The highest BCUT2D eigenvalue weighted by molar-refractivity contribution is 5.89. The number of carbonyl (C=O) groups is 3. The van der Waals surface area contributed by atoms with E-state index in [1.165, 1.54) is 38.3 Å². The van der Waals surface area contributed by atoms with Gasteiger partial charge in [-0.2, -0.15) is 0 Å². The monoisotopic (exact) mass is 351 g/mol. The topological polar surface area (TPSA) is 122 Å². The van der Waals surface area contributed by atoms with E-state index >= 15 is 0 Å². The first kappa shape index (κ1) is 19.8. The first-order chi connectivity index (χ1) is 11.7. The van der Waals surface area contributed by atoms with Crippen LogP contribution in [0.15, 0.2) is 36.4 Å². The zero-order chi connectivity index (χ0) is 19.0. The number of benzene rings is 1. The van der Waals surface area contributed by atoms with Gasteiger partial charge in [-0.25, -0.2) is 9.59 Å². The van der Waals surface area contributed by atoms with Gasteiger partial charge in [-0.15, -0.1) is 0 Å². The lowest BCUT2D eigenvalue weighted by Crippen LogP contribution is -2.31. The summed E-state index contributed by atoms with van der Waals surface area (Å²) in [4.78, 5) is 44.6. The molecule has 0 amide bonds. The molecule has 0 fully saturated rings. The van der Waals surface area contributed by atoms with Gasteiger partial charge < -0.3 is 14.2 Å². The summed E-state index contributed by atoms with van der Waals surface area (Å²) in [5, 5.41) is 11.0. The highest BCUT2D eigenvalue weighted by atomic mass is 16.6. The molecule has 1 unspecified atom stereocenters. The number of hydrogen-bond acceptors (Lipinski definition) is 8. The van der Waals surface area contributed by atoms with Crippen molar-refractivity contribution in [1.82, 2.24) is 0 Å². The summed E-state index contributed by atoms with van der Waals surface area (Å²) in [5.41, 5.74) is 0.354. The summed E-state index contributed by atoms with van der Waals surface area (Å²) in [6.07, 6.45) is -0.588. The Morgan fingerprint density at radius 3 is 2.32 bits per heavy atom. The highest BCUT2D eigenvalue weighted by Gasteiger charge is 2.27. The molecule has 0 bridgehead atoms. The van der Waals surface area contributed by atoms with Crippen LogP contribution in [0.3, 0.4) is 0 Å². The number of nitrogens with zero attached hydrogens (tertiary/aromatic N) is 1. The summed E-state index contributed by atoms with van der Waals surface area (Å²) in [5.74, 6) is -2.10. The standard InChI is InChI=1S/C16H17NO8/c1-10(2)15(19)24-9-12(17(21)22)8-14(18)25-13-6-4-11(5-7-13)16(20)23-3/h4-7,12H,1,8-9H2,2-3H3. The van der Waals surface area contributed by atoms with Crippen molar-refractivity contribution in [3.05, 3.63) is 52.1 Å². The number of rotatable bonds is 8. The predicted molar refractivity (Wildman–Crippen MR) is 84.6 cm³/mol. The molecule has 0 radical (unpaired) electrons. The number of esters is 3. The van der Waals surface area contributed by atoms with Crippen LogP contribution in [0.4, 0.5) is 0 Å². The Hall–Kier alpha value is -3.23. The molecule has 25 heavy (non-hydrogen) atoms. The maximum absolute atomic E-state index is 11.8. The van der Waals surface area contributed by atoms with Gasteiger partial charge in [-0.1, -0.05) is 6.58 Å². The second-order valence-corrected chi connectivity index (χ2v) is 5.01. The fourth-order valence-corrected chi connectivity index (χ4v) is 1.63. The molecule has 0 heterocycles. The molecule has 1 atom stereocenters. The van der Waals surface area contributed by atoms with Crippen molar-refractivity contribution in [3.63, 3.8) is 0 Å². The van der Waals surface area contributed by atoms with Gasteiger partial charge in [0.2, 0.25) is 0 Å². The Bertz CT molecular complexity index is 680. The van der Waals surface area contributed by atoms with E-state index in [1.807, 2.05) is 0 Å². The number of carbonyl (C=O) groups excluding carboxylic acids is 3. The third-order valence-electron chi connectivity index (χ3n) is 2.96. The third-order valence-corrected chi connectivity index (χ3v) is 2.96. The maximum atomic E-state index is 11.8. The van der Waals surface area contributed by atoms with Gasteiger partial charge in [0, 0.05) is 10.5 Å². The molecule has 0 saturated heterocycles. The van der Waals surface area contributed by atoms with E-state index in [9.17, 15) is 24.5 Å². The molecule has 9 nitrogen and oxygen atoms in total. The van der Waals surface area contributed by atoms with Crippen LogP contribution in [0, 0.1) is 10.1 Å². The van der Waals surface area contributed by atoms with Crippen LogP contribution in [0.1, 0.15) is 23.7 Å². The number of methoxy groups -OCH3 is 1. The number of hydrogen-bond donors (Lipinski definition) is 0. The molecule has 0 aliphatic rings. The molecule has 0 aliphatic heterocycles. The Morgan fingerprint density at radius 2 is 1.84 bits per heavy atom. The quantitative estimate of drug-likeness (QED) is 0.227. The van der Waals surface area contributed by atoms with Crippen molar-refractivity contribution in [2.24, 2.45) is 0 Å². The molecule has 1 rings (SSSR count). The zero-order valence-electron chi connectivity index (χ0n) is 13.7. The Kier molecular flexibility index (Phi) is 7.26. The summed E-state index contributed by atoms with van der Waals surface area (Å²) in [6, 6.07) is 4.03. The van der Waals surface area contributed by atoms with E-state index in [1.54, 1.807) is 0 Å². The average Bonchev–Trinajstić information content (AvgIpc) is 2.57. The lowest BCUT2D eigenvalue weighted by molar-refractivity contribution is -0.524. The maximum Gasteiger partial charge on any atom is 0.337 e. The van der Waals surface area contributed by atoms with Crippen molar-refractivity contribution < 1.29 is 33.5 Å². The average molecular weight is 351 g/mol. The number of nitro groups is 1. The van der Waals surface area contributed by atoms with Gasteiger partial charge in [-0.05, 0) is 31.2 Å². The first-order valence-electron chi connectivity index (χ1n) is 7.09. The van der Waals surface area contributed by atoms with Crippen molar-refractivity contribution in [3.8, 4) is 5.75 Å². The minimum atomic E-state index is -1.44. The summed E-state index contributed by atoms with van der Waals surface area (Å²) < 4.78 is 14.2. The molecule has 1 aromatic rings. The molecule has 134 valence electrons. The molecule has 9 heteroatoms. The van der Waals surface area contributed by atoms with E-state index in [4.69, 9.17) is 9.47 Å². The van der Waals surface area contributed by atoms with Crippen LogP contribution in [-0.2, 0) is 19.1 Å². The van der Waals surface area contributed by atoms with Crippen LogP contribution in [0.5, 0.6) is 5.75 Å². The number of ether oxygens (including phenoxy) is 3. The lowest BCUT2D eigenvalue weighted by Gasteiger charge is -2.10. The second kappa shape index (κ2) is 9.16. The van der Waals surface area contributed by atoms with Crippen molar-refractivity contribution in [2.45, 2.75) is 19.4 Å². The fraction of sp³-hybridized carbons (Fsp3) is 0.312. The Morgan fingerprint density at radius 1 is 1.24 bits per heavy atom. The van der Waals surface area contributed by atoms with Gasteiger partial charge in [0.05, 0.1) is 12.7 Å². The van der Waals surface area contributed by atoms with Gasteiger partial charge in [-0.3, -0.25) is 14.9 Å². The molecule has 0 spiro atoms. The third kappa shape index (κ3) is 6.42. The van der Waals surface area contributed by atoms with Gasteiger partial charge in [0.25, 0.3) is 6.04 Å². The zero-order valence-corrected chi connectivity index (χ0v) is 13.7. The van der Waals surface area contributed by atoms with Gasteiger partial charge in [0.1, 0.15) is 12.2 Å². The smallest absolute Gasteiger partial charge is 0.337 e. The van der Waals surface area contributed by atoms with Crippen LogP contribution in [0.25, 0.3) is 0 Å². The molecule has 0 saturated carbocycles. The summed E-state index contributed by atoms with van der Waals surface area (Å²) in [7, 11) is 1.23. The van der Waals surface area contributed by atoms with Crippen molar-refractivity contribution in [2.75, 3.05) is 13.7 Å².